The first kappa shape index (κ1) is 13.9. The minimum atomic E-state index is -4.40. The van der Waals surface area contributed by atoms with Crippen LogP contribution in [0, 0.1) is 6.92 Å². The summed E-state index contributed by atoms with van der Waals surface area (Å²) < 4.78 is 43.9. The van der Waals surface area contributed by atoms with Crippen LogP contribution in [0.4, 0.5) is 13.2 Å². The summed E-state index contributed by atoms with van der Waals surface area (Å²) >= 11 is 0. The van der Waals surface area contributed by atoms with E-state index in [-0.39, 0.29) is 12.4 Å². The Balaban J connectivity index is 2.04. The lowest BCUT2D eigenvalue weighted by molar-refractivity contribution is -0.137. The molecule has 1 aromatic carbocycles. The molecule has 0 fully saturated rings. The number of fused-ring (bicyclic) bond motifs is 1. The van der Waals surface area contributed by atoms with Gasteiger partial charge >= 0.3 is 6.18 Å². The fourth-order valence-electron chi connectivity index (χ4n) is 2.45. The van der Waals surface area contributed by atoms with Crippen molar-refractivity contribution < 1.29 is 23.0 Å². The number of aromatic nitrogens is 1. The molecule has 0 saturated heterocycles. The second-order valence-corrected chi connectivity index (χ2v) is 4.94. The van der Waals surface area contributed by atoms with Gasteiger partial charge in [0.25, 0.3) is 0 Å². The molecule has 1 atom stereocenters. The number of pyridine rings is 1. The molecule has 0 aliphatic carbocycles. The predicted octanol–water partition coefficient (Wildman–Crippen LogP) is 3.73. The zero-order chi connectivity index (χ0) is 15.2. The Bertz CT molecular complexity index is 698. The second-order valence-electron chi connectivity index (χ2n) is 4.94. The predicted molar refractivity (Wildman–Crippen MR) is 68.7 cm³/mol. The van der Waals surface area contributed by atoms with E-state index >= 15 is 0 Å². The van der Waals surface area contributed by atoms with Crippen molar-refractivity contribution in [3.63, 3.8) is 0 Å². The molecular weight excluding hydrogens is 283 g/mol. The molecule has 0 radical (unpaired) electrons. The van der Waals surface area contributed by atoms with Gasteiger partial charge in [0.2, 0.25) is 0 Å². The standard InChI is InChI=1S/C15H12F3NO2/c1-8-13(20)12-7-21-14(11(12)6-19-8)9-3-2-4-10(5-9)15(16,17)18/h2-6,14,20H,7H2,1H3. The number of nitrogens with zero attached hydrogens (tertiary/aromatic N) is 1. The topological polar surface area (TPSA) is 42.4 Å². The summed E-state index contributed by atoms with van der Waals surface area (Å²) in [6.07, 6.45) is -3.49. The fourth-order valence-corrected chi connectivity index (χ4v) is 2.45. The van der Waals surface area contributed by atoms with E-state index in [0.29, 0.717) is 22.4 Å². The summed E-state index contributed by atoms with van der Waals surface area (Å²) in [4.78, 5) is 4.05. The van der Waals surface area contributed by atoms with Crippen LogP contribution in [-0.2, 0) is 17.5 Å². The number of hydrogen-bond acceptors (Lipinski definition) is 3. The van der Waals surface area contributed by atoms with Gasteiger partial charge in [-0.1, -0.05) is 12.1 Å². The van der Waals surface area contributed by atoms with E-state index in [9.17, 15) is 18.3 Å². The first-order valence-corrected chi connectivity index (χ1v) is 6.34. The monoisotopic (exact) mass is 295 g/mol. The molecule has 110 valence electrons. The van der Waals surface area contributed by atoms with Gasteiger partial charge in [-0.15, -0.1) is 0 Å². The molecule has 1 aliphatic rings. The maximum absolute atomic E-state index is 12.8. The Kier molecular flexibility index (Phi) is 3.13. The van der Waals surface area contributed by atoms with E-state index in [1.165, 1.54) is 6.07 Å². The van der Waals surface area contributed by atoms with Crippen LogP contribution < -0.4 is 0 Å². The van der Waals surface area contributed by atoms with Crippen LogP contribution in [0.15, 0.2) is 30.5 Å². The SMILES string of the molecule is Cc1ncc2c(c1O)COC2c1cccc(C(F)(F)F)c1. The largest absolute Gasteiger partial charge is 0.506 e. The summed E-state index contributed by atoms with van der Waals surface area (Å²) in [5, 5.41) is 9.94. The number of aromatic hydroxyl groups is 1. The minimum Gasteiger partial charge on any atom is -0.506 e. The van der Waals surface area contributed by atoms with Gasteiger partial charge in [0.15, 0.2) is 0 Å². The summed E-state index contributed by atoms with van der Waals surface area (Å²) in [5.74, 6) is 0.0435. The molecule has 0 amide bonds. The average molecular weight is 295 g/mol. The smallest absolute Gasteiger partial charge is 0.416 e. The molecule has 0 spiro atoms. The highest BCUT2D eigenvalue weighted by atomic mass is 19.4. The number of halogens is 3. The molecule has 2 heterocycles. The lowest BCUT2D eigenvalue weighted by Gasteiger charge is -2.14. The molecule has 0 bridgehead atoms. The van der Waals surface area contributed by atoms with E-state index in [1.54, 1.807) is 19.2 Å². The molecule has 6 heteroatoms. The number of rotatable bonds is 1. The third-order valence-corrected chi connectivity index (χ3v) is 3.57. The Labute approximate surface area is 119 Å². The van der Waals surface area contributed by atoms with Crippen LogP contribution in [-0.4, -0.2) is 10.1 Å². The highest BCUT2D eigenvalue weighted by Gasteiger charge is 2.33. The van der Waals surface area contributed by atoms with Crippen LogP contribution in [0.3, 0.4) is 0 Å². The van der Waals surface area contributed by atoms with E-state index in [0.717, 1.165) is 12.1 Å². The Morgan fingerprint density at radius 2 is 2.10 bits per heavy atom. The van der Waals surface area contributed by atoms with Gasteiger partial charge in [0.05, 0.1) is 17.9 Å². The van der Waals surface area contributed by atoms with Crippen molar-refractivity contribution in [2.75, 3.05) is 0 Å². The van der Waals surface area contributed by atoms with Gasteiger partial charge in [0, 0.05) is 17.3 Å². The molecule has 3 nitrogen and oxygen atoms in total. The van der Waals surface area contributed by atoms with Gasteiger partial charge < -0.3 is 9.84 Å². The van der Waals surface area contributed by atoms with E-state index in [4.69, 9.17) is 4.74 Å². The van der Waals surface area contributed by atoms with Gasteiger partial charge in [0.1, 0.15) is 11.9 Å². The summed E-state index contributed by atoms with van der Waals surface area (Å²) in [5.41, 5.74) is 1.35. The van der Waals surface area contributed by atoms with Crippen molar-refractivity contribution in [1.82, 2.24) is 4.98 Å². The first-order valence-electron chi connectivity index (χ1n) is 6.34. The van der Waals surface area contributed by atoms with Crippen molar-refractivity contribution in [2.24, 2.45) is 0 Å². The molecule has 1 unspecified atom stereocenters. The van der Waals surface area contributed by atoms with E-state index in [1.807, 2.05) is 0 Å². The van der Waals surface area contributed by atoms with Gasteiger partial charge in [-0.05, 0) is 24.6 Å². The van der Waals surface area contributed by atoms with Crippen LogP contribution >= 0.6 is 0 Å². The number of benzene rings is 1. The van der Waals surface area contributed by atoms with Crippen LogP contribution in [0.1, 0.15) is 34.1 Å². The molecule has 1 aromatic heterocycles. The molecule has 0 saturated carbocycles. The van der Waals surface area contributed by atoms with Crippen LogP contribution in [0.2, 0.25) is 0 Å². The quantitative estimate of drug-likeness (QED) is 0.871. The van der Waals surface area contributed by atoms with E-state index in [2.05, 4.69) is 4.98 Å². The van der Waals surface area contributed by atoms with Gasteiger partial charge in [-0.3, -0.25) is 4.98 Å². The molecule has 3 rings (SSSR count). The summed E-state index contributed by atoms with van der Waals surface area (Å²) in [6, 6.07) is 5.01. The van der Waals surface area contributed by atoms with Crippen LogP contribution in [0.25, 0.3) is 0 Å². The number of alkyl halides is 3. The first-order chi connectivity index (χ1) is 9.88. The highest BCUT2D eigenvalue weighted by molar-refractivity contribution is 5.47. The fraction of sp³-hybridized carbons (Fsp3) is 0.267. The van der Waals surface area contributed by atoms with E-state index < -0.39 is 17.8 Å². The zero-order valence-corrected chi connectivity index (χ0v) is 11.1. The van der Waals surface area contributed by atoms with Crippen molar-refractivity contribution >= 4 is 0 Å². The summed E-state index contributed by atoms with van der Waals surface area (Å²) in [7, 11) is 0. The van der Waals surface area contributed by atoms with Crippen LogP contribution in [0.5, 0.6) is 5.75 Å². The molecule has 1 N–H and O–H groups in total. The van der Waals surface area contributed by atoms with Crippen molar-refractivity contribution in [2.45, 2.75) is 25.8 Å². The van der Waals surface area contributed by atoms with Crippen molar-refractivity contribution in [3.05, 3.63) is 58.4 Å². The third-order valence-electron chi connectivity index (χ3n) is 3.57. The lowest BCUT2D eigenvalue weighted by atomic mass is 9.98. The van der Waals surface area contributed by atoms with Crippen molar-refractivity contribution in [3.8, 4) is 5.75 Å². The number of hydrogen-bond donors (Lipinski definition) is 1. The molecule has 1 aliphatic heterocycles. The minimum absolute atomic E-state index is 0.0435. The lowest BCUT2D eigenvalue weighted by Crippen LogP contribution is -2.07. The Morgan fingerprint density at radius 1 is 1.33 bits per heavy atom. The third kappa shape index (κ3) is 2.35. The molecule has 2 aromatic rings. The van der Waals surface area contributed by atoms with Gasteiger partial charge in [-0.2, -0.15) is 13.2 Å². The normalized spacial score (nSPS) is 17.8. The highest BCUT2D eigenvalue weighted by Crippen LogP contribution is 2.41. The molecular formula is C15H12F3NO2. The van der Waals surface area contributed by atoms with Gasteiger partial charge in [-0.25, -0.2) is 0 Å². The zero-order valence-electron chi connectivity index (χ0n) is 11.1. The number of aryl methyl sites for hydroxylation is 1. The second kappa shape index (κ2) is 4.73. The maximum atomic E-state index is 12.8. The number of ether oxygens (including phenoxy) is 1. The summed E-state index contributed by atoms with van der Waals surface area (Å²) in [6.45, 7) is 1.82. The Morgan fingerprint density at radius 3 is 2.81 bits per heavy atom. The average Bonchev–Trinajstić information content (AvgIpc) is 2.87. The molecule has 21 heavy (non-hydrogen) atoms. The van der Waals surface area contributed by atoms with Crippen molar-refractivity contribution in [1.29, 1.82) is 0 Å². The Hall–Kier alpha value is -2.08. The maximum Gasteiger partial charge on any atom is 0.416 e.